The molecule has 1 N–H and O–H groups in total. The van der Waals surface area contributed by atoms with Gasteiger partial charge in [-0.1, -0.05) is 0 Å². The number of nitro benzene ring substituents is 1. The fourth-order valence-corrected chi connectivity index (χ4v) is 1.78. The lowest BCUT2D eigenvalue weighted by atomic mass is 10.1. The van der Waals surface area contributed by atoms with E-state index in [4.69, 9.17) is 9.52 Å². The number of furan rings is 1. The summed E-state index contributed by atoms with van der Waals surface area (Å²) < 4.78 is 5.48. The molecule has 0 radical (unpaired) electrons. The van der Waals surface area contributed by atoms with E-state index in [1.165, 1.54) is 18.2 Å². The van der Waals surface area contributed by atoms with Crippen LogP contribution in [0.25, 0.3) is 17.4 Å². The lowest BCUT2D eigenvalue weighted by molar-refractivity contribution is -0.384. The van der Waals surface area contributed by atoms with Crippen molar-refractivity contribution in [1.29, 1.82) is 0 Å². The fourth-order valence-electron chi connectivity index (χ4n) is 1.78. The van der Waals surface area contributed by atoms with Gasteiger partial charge >= 0.3 is 5.97 Å². The van der Waals surface area contributed by atoms with Gasteiger partial charge in [-0.2, -0.15) is 0 Å². The number of carboxylic acid groups (broad SMARTS) is 1. The Labute approximate surface area is 114 Å². The second-order valence-electron chi connectivity index (χ2n) is 4.13. The molecule has 6 nitrogen and oxygen atoms in total. The minimum Gasteiger partial charge on any atom is -0.478 e. The van der Waals surface area contributed by atoms with Crippen LogP contribution in [-0.4, -0.2) is 16.0 Å². The van der Waals surface area contributed by atoms with Gasteiger partial charge in [-0.25, -0.2) is 4.79 Å². The fraction of sp³-hybridized carbons (Fsp3) is 0.0714. The zero-order valence-corrected chi connectivity index (χ0v) is 10.6. The van der Waals surface area contributed by atoms with Crippen molar-refractivity contribution in [2.75, 3.05) is 0 Å². The number of carbonyl (C=O) groups is 1. The Morgan fingerprint density at radius 1 is 1.35 bits per heavy atom. The van der Waals surface area contributed by atoms with Crippen molar-refractivity contribution >= 4 is 17.7 Å². The van der Waals surface area contributed by atoms with Crippen LogP contribution in [-0.2, 0) is 4.79 Å². The van der Waals surface area contributed by atoms with Gasteiger partial charge in [0, 0.05) is 23.8 Å². The molecule has 1 aromatic carbocycles. The number of hydrogen-bond donors (Lipinski definition) is 1. The first-order valence-corrected chi connectivity index (χ1v) is 5.73. The summed E-state index contributed by atoms with van der Waals surface area (Å²) in [5.74, 6) is -0.128. The highest BCUT2D eigenvalue weighted by Crippen LogP contribution is 2.28. The average molecular weight is 273 g/mol. The van der Waals surface area contributed by atoms with Crippen LogP contribution in [0.15, 0.2) is 40.8 Å². The number of nitrogens with zero attached hydrogens (tertiary/aromatic N) is 1. The van der Waals surface area contributed by atoms with Crippen LogP contribution in [0.1, 0.15) is 11.3 Å². The lowest BCUT2D eigenvalue weighted by Gasteiger charge is -2.02. The number of benzene rings is 1. The molecule has 1 heterocycles. The second-order valence-corrected chi connectivity index (χ2v) is 4.13. The van der Waals surface area contributed by atoms with Gasteiger partial charge in [0.05, 0.1) is 4.92 Å². The van der Waals surface area contributed by atoms with E-state index in [0.717, 1.165) is 11.6 Å². The Morgan fingerprint density at radius 3 is 2.70 bits per heavy atom. The summed E-state index contributed by atoms with van der Waals surface area (Å²) in [6, 6.07) is 7.80. The van der Waals surface area contributed by atoms with Crippen LogP contribution in [0.2, 0.25) is 0 Å². The van der Waals surface area contributed by atoms with Gasteiger partial charge < -0.3 is 9.52 Å². The zero-order valence-electron chi connectivity index (χ0n) is 10.6. The summed E-state index contributed by atoms with van der Waals surface area (Å²) in [6.07, 6.45) is 2.32. The van der Waals surface area contributed by atoms with Crippen molar-refractivity contribution in [2.45, 2.75) is 6.92 Å². The Kier molecular flexibility index (Phi) is 3.65. The first-order chi connectivity index (χ1) is 9.47. The van der Waals surface area contributed by atoms with Crippen LogP contribution < -0.4 is 0 Å². The van der Waals surface area contributed by atoms with Crippen molar-refractivity contribution in [3.63, 3.8) is 0 Å². The van der Waals surface area contributed by atoms with Crippen LogP contribution in [0.5, 0.6) is 0 Å². The SMILES string of the molecule is Cc1cc([N+](=O)[O-])ccc1-c1ccc(/C=C\C(=O)O)o1. The highest BCUT2D eigenvalue weighted by molar-refractivity contribution is 5.84. The number of nitro groups is 1. The third kappa shape index (κ3) is 2.92. The summed E-state index contributed by atoms with van der Waals surface area (Å²) in [6.45, 7) is 1.75. The first kappa shape index (κ1) is 13.5. The summed E-state index contributed by atoms with van der Waals surface area (Å²) >= 11 is 0. The van der Waals surface area contributed by atoms with Crippen molar-refractivity contribution in [3.05, 3.63) is 57.8 Å². The Bertz CT molecular complexity index is 699. The van der Waals surface area contributed by atoms with E-state index in [2.05, 4.69) is 0 Å². The number of rotatable bonds is 4. The lowest BCUT2D eigenvalue weighted by Crippen LogP contribution is -1.89. The summed E-state index contributed by atoms with van der Waals surface area (Å²) in [5.41, 5.74) is 1.46. The predicted molar refractivity (Wildman–Crippen MR) is 72.2 cm³/mol. The number of carboxylic acids is 1. The van der Waals surface area contributed by atoms with E-state index in [-0.39, 0.29) is 5.69 Å². The van der Waals surface area contributed by atoms with E-state index >= 15 is 0 Å². The van der Waals surface area contributed by atoms with Gasteiger partial charge in [0.15, 0.2) is 0 Å². The molecule has 0 aliphatic rings. The molecule has 0 fully saturated rings. The summed E-state index contributed by atoms with van der Waals surface area (Å²) in [4.78, 5) is 20.6. The number of non-ortho nitro benzene ring substituents is 1. The zero-order chi connectivity index (χ0) is 14.7. The van der Waals surface area contributed by atoms with E-state index in [9.17, 15) is 14.9 Å². The van der Waals surface area contributed by atoms with Crippen LogP contribution >= 0.6 is 0 Å². The molecule has 0 aliphatic heterocycles. The molecule has 0 saturated heterocycles. The Hall–Kier alpha value is -2.89. The molecule has 20 heavy (non-hydrogen) atoms. The quantitative estimate of drug-likeness (QED) is 0.524. The van der Waals surface area contributed by atoms with Crippen molar-refractivity contribution < 1.29 is 19.2 Å². The Balaban J connectivity index is 2.33. The molecule has 2 aromatic rings. The molecule has 102 valence electrons. The largest absolute Gasteiger partial charge is 0.478 e. The van der Waals surface area contributed by atoms with Gasteiger partial charge in [0.2, 0.25) is 0 Å². The number of aliphatic carboxylic acids is 1. The molecule has 0 saturated carbocycles. The van der Waals surface area contributed by atoms with Gasteiger partial charge in [0.1, 0.15) is 11.5 Å². The minimum atomic E-state index is -1.06. The maximum Gasteiger partial charge on any atom is 0.328 e. The summed E-state index contributed by atoms with van der Waals surface area (Å²) in [7, 11) is 0. The molecule has 1 aromatic heterocycles. The predicted octanol–water partition coefficient (Wildman–Crippen LogP) is 3.26. The molecule has 0 bridgehead atoms. The number of hydrogen-bond acceptors (Lipinski definition) is 4. The monoisotopic (exact) mass is 273 g/mol. The van der Waals surface area contributed by atoms with Gasteiger partial charge in [-0.05, 0) is 36.8 Å². The number of aryl methyl sites for hydroxylation is 1. The summed E-state index contributed by atoms with van der Waals surface area (Å²) in [5, 5.41) is 19.2. The second kappa shape index (κ2) is 5.40. The van der Waals surface area contributed by atoms with Crippen molar-refractivity contribution in [3.8, 4) is 11.3 Å². The van der Waals surface area contributed by atoms with Gasteiger partial charge in [-0.3, -0.25) is 10.1 Å². The minimum absolute atomic E-state index is 0.0174. The molecule has 6 heteroatoms. The van der Waals surface area contributed by atoms with Crippen molar-refractivity contribution in [2.24, 2.45) is 0 Å². The topological polar surface area (TPSA) is 93.6 Å². The van der Waals surface area contributed by atoms with Crippen LogP contribution in [0, 0.1) is 17.0 Å². The normalized spacial score (nSPS) is 10.8. The maximum atomic E-state index is 10.7. The van der Waals surface area contributed by atoms with E-state index in [1.54, 1.807) is 25.1 Å². The first-order valence-electron chi connectivity index (χ1n) is 5.73. The maximum absolute atomic E-state index is 10.7. The molecule has 0 spiro atoms. The molecular formula is C14H11NO5. The van der Waals surface area contributed by atoms with Gasteiger partial charge in [-0.15, -0.1) is 0 Å². The molecular weight excluding hydrogens is 262 g/mol. The molecule has 0 amide bonds. The molecule has 2 rings (SSSR count). The van der Waals surface area contributed by atoms with E-state index < -0.39 is 10.9 Å². The average Bonchev–Trinajstić information content (AvgIpc) is 2.84. The van der Waals surface area contributed by atoms with Crippen LogP contribution in [0.3, 0.4) is 0 Å². The molecule has 0 atom stereocenters. The molecule has 0 unspecified atom stereocenters. The standard InChI is InChI=1S/C14H11NO5/c1-9-8-10(15(18)19)2-5-12(9)13-6-3-11(20-13)4-7-14(16)17/h2-8H,1H3,(H,16,17)/b7-4-. The Morgan fingerprint density at radius 2 is 2.10 bits per heavy atom. The van der Waals surface area contributed by atoms with E-state index in [1.807, 2.05) is 0 Å². The van der Waals surface area contributed by atoms with Gasteiger partial charge in [0.25, 0.3) is 5.69 Å². The van der Waals surface area contributed by atoms with E-state index in [0.29, 0.717) is 17.1 Å². The van der Waals surface area contributed by atoms with Crippen LogP contribution in [0.4, 0.5) is 5.69 Å². The molecule has 0 aliphatic carbocycles. The highest BCUT2D eigenvalue weighted by atomic mass is 16.6. The third-order valence-electron chi connectivity index (χ3n) is 2.70. The highest BCUT2D eigenvalue weighted by Gasteiger charge is 2.11. The smallest absolute Gasteiger partial charge is 0.328 e. The third-order valence-corrected chi connectivity index (χ3v) is 2.70. The van der Waals surface area contributed by atoms with Crippen molar-refractivity contribution in [1.82, 2.24) is 0 Å².